The molecule has 3 rings (SSSR count). The highest BCUT2D eigenvalue weighted by atomic mass is 15.3. The predicted molar refractivity (Wildman–Crippen MR) is 119 cm³/mol. The summed E-state index contributed by atoms with van der Waals surface area (Å²) in [4.78, 5) is 7.42. The highest BCUT2D eigenvalue weighted by Crippen LogP contribution is 2.27. The molecule has 0 amide bonds. The largest absolute Gasteiger partial charge is 0.302 e. The lowest BCUT2D eigenvalue weighted by Crippen LogP contribution is -2.18. The number of nitrogens with zero attached hydrogens (tertiary/aromatic N) is 4. The highest BCUT2D eigenvalue weighted by molar-refractivity contribution is 5.82. The van der Waals surface area contributed by atoms with E-state index in [1.54, 1.807) is 0 Å². The molecule has 0 aliphatic heterocycles. The van der Waals surface area contributed by atoms with Crippen LogP contribution in [0.3, 0.4) is 0 Å². The first-order valence-corrected chi connectivity index (χ1v) is 10.7. The molecule has 1 aromatic carbocycles. The van der Waals surface area contributed by atoms with E-state index >= 15 is 0 Å². The van der Waals surface area contributed by atoms with Crippen LogP contribution in [0.2, 0.25) is 0 Å². The molecule has 0 aliphatic rings. The Kier molecular flexibility index (Phi) is 6.84. The summed E-state index contributed by atoms with van der Waals surface area (Å²) in [5.41, 5.74) is 5.93. The molecule has 0 radical (unpaired) electrons. The monoisotopic (exact) mass is 378 g/mol. The lowest BCUT2D eigenvalue weighted by atomic mass is 10.0. The van der Waals surface area contributed by atoms with E-state index in [1.165, 1.54) is 34.9 Å². The third kappa shape index (κ3) is 4.61. The van der Waals surface area contributed by atoms with Crippen LogP contribution in [0.25, 0.3) is 22.3 Å². The first kappa shape index (κ1) is 20.5. The summed E-state index contributed by atoms with van der Waals surface area (Å²) in [6, 6.07) is 11.4. The minimum Gasteiger partial charge on any atom is -0.302 e. The number of aryl methyl sites for hydroxylation is 1. The number of fused-ring (bicyclic) bond motifs is 1. The zero-order chi connectivity index (χ0) is 20.1. The Morgan fingerprint density at radius 3 is 2.64 bits per heavy atom. The Morgan fingerprint density at radius 1 is 1.11 bits per heavy atom. The molecule has 0 bridgehead atoms. The summed E-state index contributed by atoms with van der Waals surface area (Å²) in [6.45, 7) is 10.9. The van der Waals surface area contributed by atoms with Crippen LogP contribution in [-0.4, -0.2) is 33.3 Å². The summed E-state index contributed by atoms with van der Waals surface area (Å²) < 4.78 is 2.04. The van der Waals surface area contributed by atoms with E-state index in [-0.39, 0.29) is 0 Å². The predicted octanol–water partition coefficient (Wildman–Crippen LogP) is 5.86. The van der Waals surface area contributed by atoms with Crippen molar-refractivity contribution in [2.24, 2.45) is 0 Å². The molecule has 4 nitrogen and oxygen atoms in total. The normalized spacial score (nSPS) is 11.8. The van der Waals surface area contributed by atoms with Gasteiger partial charge in [-0.25, -0.2) is 9.67 Å². The average Bonchev–Trinajstić information content (AvgIpc) is 3.11. The zero-order valence-corrected chi connectivity index (χ0v) is 18.1. The van der Waals surface area contributed by atoms with Gasteiger partial charge >= 0.3 is 0 Å². The number of aromatic nitrogens is 3. The molecule has 0 fully saturated rings. The van der Waals surface area contributed by atoms with Crippen molar-refractivity contribution in [2.75, 3.05) is 13.6 Å². The van der Waals surface area contributed by atoms with Crippen LogP contribution in [0.5, 0.6) is 0 Å². The Hall–Kier alpha value is -2.20. The summed E-state index contributed by atoms with van der Waals surface area (Å²) in [5.74, 6) is 0. The van der Waals surface area contributed by atoms with Gasteiger partial charge in [0.2, 0.25) is 0 Å². The molecule has 0 spiro atoms. The summed E-state index contributed by atoms with van der Waals surface area (Å²) in [6.07, 6.45) is 6.63. The van der Waals surface area contributed by atoms with Gasteiger partial charge in [0.05, 0.1) is 11.9 Å². The average molecular weight is 379 g/mol. The van der Waals surface area contributed by atoms with E-state index in [2.05, 4.69) is 75.1 Å². The summed E-state index contributed by atoms with van der Waals surface area (Å²) in [5, 5.41) is 5.80. The Balaban J connectivity index is 1.98. The smallest absolute Gasteiger partial charge is 0.158 e. The van der Waals surface area contributed by atoms with E-state index in [4.69, 9.17) is 4.98 Å². The zero-order valence-electron chi connectivity index (χ0n) is 18.1. The van der Waals surface area contributed by atoms with Crippen LogP contribution < -0.4 is 0 Å². The quantitative estimate of drug-likeness (QED) is 0.467. The molecule has 0 saturated carbocycles. The molecule has 3 aromatic rings. The first-order chi connectivity index (χ1) is 13.5. The minimum absolute atomic E-state index is 0.299. The first-order valence-electron chi connectivity index (χ1n) is 10.7. The standard InChI is InChI=1S/C24H34N4/c1-6-8-13-27(5)17-19-11-9-12-21(14-19)23-15-20(10-7-2)22-16-25-28(18(3)4)24(22)26-23/h9,11-12,14-16,18H,6-8,10,13,17H2,1-5H3. The van der Waals surface area contributed by atoms with Crippen molar-refractivity contribution < 1.29 is 0 Å². The SMILES string of the molecule is CCCCN(C)Cc1cccc(-c2cc(CCC)c3cnn(C(C)C)c3n2)c1. The van der Waals surface area contributed by atoms with Crippen LogP contribution in [-0.2, 0) is 13.0 Å². The molecule has 28 heavy (non-hydrogen) atoms. The maximum atomic E-state index is 5.03. The fourth-order valence-corrected chi connectivity index (χ4v) is 3.73. The lowest BCUT2D eigenvalue weighted by Gasteiger charge is -2.17. The molecular formula is C24H34N4. The molecule has 0 unspecified atom stereocenters. The van der Waals surface area contributed by atoms with E-state index in [9.17, 15) is 0 Å². The number of benzene rings is 1. The van der Waals surface area contributed by atoms with Crippen molar-refractivity contribution in [2.45, 2.75) is 66.0 Å². The Bertz CT molecular complexity index is 910. The van der Waals surface area contributed by atoms with Crippen LogP contribution in [0.4, 0.5) is 0 Å². The van der Waals surface area contributed by atoms with Crippen LogP contribution in [0.1, 0.15) is 64.1 Å². The van der Waals surface area contributed by atoms with Gasteiger partial charge in [-0.3, -0.25) is 0 Å². The van der Waals surface area contributed by atoms with Crippen molar-refractivity contribution >= 4 is 11.0 Å². The van der Waals surface area contributed by atoms with Gasteiger partial charge in [0.25, 0.3) is 0 Å². The van der Waals surface area contributed by atoms with Gasteiger partial charge in [0.1, 0.15) is 0 Å². The maximum absolute atomic E-state index is 5.03. The third-order valence-electron chi connectivity index (χ3n) is 5.23. The molecule has 150 valence electrons. The summed E-state index contributed by atoms with van der Waals surface area (Å²) >= 11 is 0. The summed E-state index contributed by atoms with van der Waals surface area (Å²) in [7, 11) is 2.20. The topological polar surface area (TPSA) is 34.0 Å². The molecule has 0 saturated heterocycles. The van der Waals surface area contributed by atoms with Crippen molar-refractivity contribution in [1.29, 1.82) is 0 Å². The fourth-order valence-electron chi connectivity index (χ4n) is 3.73. The molecule has 2 aromatic heterocycles. The number of pyridine rings is 1. The highest BCUT2D eigenvalue weighted by Gasteiger charge is 2.14. The van der Waals surface area contributed by atoms with Crippen molar-refractivity contribution in [1.82, 2.24) is 19.7 Å². The van der Waals surface area contributed by atoms with Crippen molar-refractivity contribution in [3.63, 3.8) is 0 Å². The van der Waals surface area contributed by atoms with Crippen molar-refractivity contribution in [3.8, 4) is 11.3 Å². The Morgan fingerprint density at radius 2 is 1.93 bits per heavy atom. The van der Waals surface area contributed by atoms with Gasteiger partial charge < -0.3 is 4.90 Å². The second-order valence-electron chi connectivity index (χ2n) is 8.13. The van der Waals surface area contributed by atoms with E-state index in [1.807, 2.05) is 10.9 Å². The molecule has 4 heteroatoms. The Labute approximate surface area is 169 Å². The van der Waals surface area contributed by atoms with Gasteiger partial charge in [0, 0.05) is 23.5 Å². The third-order valence-corrected chi connectivity index (χ3v) is 5.23. The van der Waals surface area contributed by atoms with Gasteiger partial charge in [-0.05, 0) is 63.5 Å². The molecular weight excluding hydrogens is 344 g/mol. The number of rotatable bonds is 9. The van der Waals surface area contributed by atoms with Crippen LogP contribution in [0.15, 0.2) is 36.5 Å². The number of hydrogen-bond acceptors (Lipinski definition) is 3. The molecule has 0 N–H and O–H groups in total. The van der Waals surface area contributed by atoms with Gasteiger partial charge in [0.15, 0.2) is 5.65 Å². The van der Waals surface area contributed by atoms with E-state index in [0.29, 0.717) is 6.04 Å². The van der Waals surface area contributed by atoms with Crippen LogP contribution >= 0.6 is 0 Å². The van der Waals surface area contributed by atoms with Crippen LogP contribution in [0, 0.1) is 0 Å². The number of unbranched alkanes of at least 4 members (excludes halogenated alkanes) is 1. The number of hydrogen-bond donors (Lipinski definition) is 0. The minimum atomic E-state index is 0.299. The van der Waals surface area contributed by atoms with Gasteiger partial charge in [-0.1, -0.05) is 44.9 Å². The lowest BCUT2D eigenvalue weighted by molar-refractivity contribution is 0.321. The maximum Gasteiger partial charge on any atom is 0.158 e. The molecule has 2 heterocycles. The molecule has 0 aliphatic carbocycles. The second kappa shape index (κ2) is 9.33. The van der Waals surface area contributed by atoms with Crippen molar-refractivity contribution in [3.05, 3.63) is 47.7 Å². The molecule has 0 atom stereocenters. The van der Waals surface area contributed by atoms with E-state index in [0.717, 1.165) is 37.3 Å². The fraction of sp³-hybridized carbons (Fsp3) is 0.500. The van der Waals surface area contributed by atoms with Gasteiger partial charge in [-0.2, -0.15) is 5.10 Å². The van der Waals surface area contributed by atoms with Gasteiger partial charge in [-0.15, -0.1) is 0 Å². The van der Waals surface area contributed by atoms with E-state index < -0.39 is 0 Å². The second-order valence-corrected chi connectivity index (χ2v) is 8.13.